The molecule has 1 aliphatic carbocycles. The number of primary amides is 1. The summed E-state index contributed by atoms with van der Waals surface area (Å²) in [5, 5.41) is 8.08. The maximum Gasteiger partial charge on any atom is 0.280 e. The number of amides is 1. The third-order valence-corrected chi connectivity index (χ3v) is 5.08. The SMILES string of the molecule is C=C(C(N)=O)n1nc(-c2nc(C3(c4ccc(F)cc4Cl)CC3)no2)cc1C(F)F. The molecule has 0 bridgehead atoms. The van der Waals surface area contributed by atoms with E-state index in [0.717, 1.165) is 6.07 Å². The molecule has 2 N–H and O–H groups in total. The first-order valence-electron chi connectivity index (χ1n) is 8.40. The molecule has 3 aromatic rings. The van der Waals surface area contributed by atoms with Crippen LogP contribution in [0.3, 0.4) is 0 Å². The van der Waals surface area contributed by atoms with E-state index in [0.29, 0.717) is 23.1 Å². The van der Waals surface area contributed by atoms with E-state index in [2.05, 4.69) is 21.8 Å². The van der Waals surface area contributed by atoms with Crippen molar-refractivity contribution in [3.8, 4) is 11.6 Å². The maximum atomic E-state index is 13.4. The Hall–Kier alpha value is -3.14. The number of carbonyl (C=O) groups excluding carboxylic acids is 1. The second kappa shape index (κ2) is 6.73. The van der Waals surface area contributed by atoms with E-state index in [1.165, 1.54) is 12.1 Å². The zero-order chi connectivity index (χ0) is 20.9. The molecule has 2 heterocycles. The third-order valence-electron chi connectivity index (χ3n) is 4.77. The van der Waals surface area contributed by atoms with Gasteiger partial charge in [0.15, 0.2) is 11.5 Å². The van der Waals surface area contributed by atoms with Crippen LogP contribution in [0.5, 0.6) is 0 Å². The lowest BCUT2D eigenvalue weighted by molar-refractivity contribution is -0.113. The third kappa shape index (κ3) is 3.19. The molecule has 1 aromatic carbocycles. The Bertz CT molecular complexity index is 1140. The monoisotopic (exact) mass is 423 g/mol. The number of rotatable bonds is 6. The fourth-order valence-electron chi connectivity index (χ4n) is 3.11. The molecule has 0 aliphatic heterocycles. The minimum absolute atomic E-state index is 0.0672. The van der Waals surface area contributed by atoms with Gasteiger partial charge in [-0.3, -0.25) is 4.79 Å². The van der Waals surface area contributed by atoms with Gasteiger partial charge in [-0.25, -0.2) is 17.9 Å². The van der Waals surface area contributed by atoms with E-state index in [-0.39, 0.29) is 22.4 Å². The van der Waals surface area contributed by atoms with E-state index >= 15 is 0 Å². The topological polar surface area (TPSA) is 99.8 Å². The Morgan fingerprint density at radius 1 is 1.34 bits per heavy atom. The number of halogens is 4. The van der Waals surface area contributed by atoms with Crippen LogP contribution >= 0.6 is 11.6 Å². The molecule has 0 saturated heterocycles. The molecule has 1 fully saturated rings. The van der Waals surface area contributed by atoms with Crippen LogP contribution in [-0.4, -0.2) is 25.8 Å². The summed E-state index contributed by atoms with van der Waals surface area (Å²) in [5.41, 5.74) is 4.03. The minimum atomic E-state index is -2.94. The molecule has 4 rings (SSSR count). The Morgan fingerprint density at radius 2 is 2.07 bits per heavy atom. The van der Waals surface area contributed by atoms with Crippen molar-refractivity contribution in [2.75, 3.05) is 0 Å². The summed E-state index contributed by atoms with van der Waals surface area (Å²) >= 11 is 6.17. The highest BCUT2D eigenvalue weighted by molar-refractivity contribution is 6.31. The zero-order valence-electron chi connectivity index (χ0n) is 14.7. The summed E-state index contributed by atoms with van der Waals surface area (Å²) in [6.45, 7) is 3.37. The fourth-order valence-corrected chi connectivity index (χ4v) is 3.46. The molecule has 1 aliphatic rings. The molecule has 150 valence electrons. The molecule has 0 unspecified atom stereocenters. The van der Waals surface area contributed by atoms with Crippen LogP contribution in [0.4, 0.5) is 13.2 Å². The Labute approximate surface area is 166 Å². The van der Waals surface area contributed by atoms with Gasteiger partial charge in [0.25, 0.3) is 18.2 Å². The van der Waals surface area contributed by atoms with Crippen molar-refractivity contribution in [3.05, 3.63) is 58.8 Å². The van der Waals surface area contributed by atoms with E-state index in [1.54, 1.807) is 6.07 Å². The predicted octanol–water partition coefficient (Wildman–Crippen LogP) is 3.70. The van der Waals surface area contributed by atoms with Gasteiger partial charge in [-0.1, -0.05) is 29.4 Å². The van der Waals surface area contributed by atoms with E-state index in [9.17, 15) is 18.0 Å². The summed E-state index contributed by atoms with van der Waals surface area (Å²) in [6.07, 6.45) is -1.62. The fraction of sp³-hybridized carbons (Fsp3) is 0.222. The van der Waals surface area contributed by atoms with Crippen molar-refractivity contribution in [2.24, 2.45) is 5.73 Å². The molecule has 1 amide bonds. The van der Waals surface area contributed by atoms with Gasteiger partial charge >= 0.3 is 0 Å². The highest BCUT2D eigenvalue weighted by Crippen LogP contribution is 2.54. The van der Waals surface area contributed by atoms with Crippen molar-refractivity contribution in [2.45, 2.75) is 24.7 Å². The molecular formula is C18H13ClF3N5O2. The van der Waals surface area contributed by atoms with Gasteiger partial charge in [-0.2, -0.15) is 10.1 Å². The number of nitrogens with two attached hydrogens (primary N) is 1. The van der Waals surface area contributed by atoms with E-state index in [1.807, 2.05) is 0 Å². The lowest BCUT2D eigenvalue weighted by Gasteiger charge is -2.12. The number of hydrogen-bond acceptors (Lipinski definition) is 5. The van der Waals surface area contributed by atoms with Crippen LogP contribution in [0.1, 0.15) is 36.3 Å². The smallest absolute Gasteiger partial charge is 0.280 e. The average Bonchev–Trinajstić information content (AvgIpc) is 3.12. The quantitative estimate of drug-likeness (QED) is 0.609. The predicted molar refractivity (Wildman–Crippen MR) is 96.4 cm³/mol. The molecule has 2 aromatic heterocycles. The van der Waals surface area contributed by atoms with Gasteiger partial charge in [-0.15, -0.1) is 0 Å². The largest absolute Gasteiger partial charge is 0.364 e. The average molecular weight is 424 g/mol. The number of benzene rings is 1. The van der Waals surface area contributed by atoms with Crippen molar-refractivity contribution >= 4 is 23.2 Å². The van der Waals surface area contributed by atoms with Crippen molar-refractivity contribution in [1.29, 1.82) is 0 Å². The zero-order valence-corrected chi connectivity index (χ0v) is 15.5. The van der Waals surface area contributed by atoms with E-state index in [4.69, 9.17) is 21.9 Å². The number of carbonyl (C=O) groups is 1. The summed E-state index contributed by atoms with van der Waals surface area (Å²) in [5.74, 6) is -1.32. The normalized spacial score (nSPS) is 14.9. The molecule has 0 radical (unpaired) electrons. The lowest BCUT2D eigenvalue weighted by atomic mass is 9.95. The maximum absolute atomic E-state index is 13.4. The molecule has 29 heavy (non-hydrogen) atoms. The minimum Gasteiger partial charge on any atom is -0.364 e. The molecule has 0 atom stereocenters. The molecule has 7 nitrogen and oxygen atoms in total. The Kier molecular flexibility index (Phi) is 4.45. The summed E-state index contributed by atoms with van der Waals surface area (Å²) in [6, 6.07) is 5.06. The highest BCUT2D eigenvalue weighted by Gasteiger charge is 2.51. The standard InChI is InChI=1S/C18H13ClF3N5O2/c1-8(15(23)28)27-13(14(21)22)7-12(25-27)16-24-17(26-29-16)18(4-5-18)10-3-2-9(20)6-11(10)19/h2-3,6-7,14H,1,4-5H2,(H2,23,28). The van der Waals surface area contributed by atoms with Gasteiger partial charge in [0.05, 0.1) is 5.41 Å². The number of alkyl halides is 2. The second-order valence-electron chi connectivity index (χ2n) is 6.61. The first-order chi connectivity index (χ1) is 13.7. The van der Waals surface area contributed by atoms with Crippen LogP contribution < -0.4 is 5.73 Å². The molecule has 0 spiro atoms. The first-order valence-corrected chi connectivity index (χ1v) is 8.78. The van der Waals surface area contributed by atoms with Crippen molar-refractivity contribution < 1.29 is 22.5 Å². The Balaban J connectivity index is 1.72. The van der Waals surface area contributed by atoms with Crippen molar-refractivity contribution in [1.82, 2.24) is 19.9 Å². The van der Waals surface area contributed by atoms with Gasteiger partial charge in [-0.05, 0) is 36.6 Å². The number of aromatic nitrogens is 4. The van der Waals surface area contributed by atoms with Crippen LogP contribution in [0.2, 0.25) is 5.02 Å². The highest BCUT2D eigenvalue weighted by atomic mass is 35.5. The van der Waals surface area contributed by atoms with Gasteiger partial charge in [0.1, 0.15) is 17.2 Å². The van der Waals surface area contributed by atoms with Crippen LogP contribution in [0, 0.1) is 5.82 Å². The van der Waals surface area contributed by atoms with Crippen LogP contribution in [0.25, 0.3) is 17.3 Å². The van der Waals surface area contributed by atoms with Gasteiger partial charge < -0.3 is 10.3 Å². The lowest BCUT2D eigenvalue weighted by Crippen LogP contribution is -2.19. The van der Waals surface area contributed by atoms with Crippen molar-refractivity contribution in [3.63, 3.8) is 0 Å². The molecule has 1 saturated carbocycles. The molecular weight excluding hydrogens is 411 g/mol. The second-order valence-corrected chi connectivity index (χ2v) is 7.01. The van der Waals surface area contributed by atoms with E-state index < -0.39 is 35.0 Å². The number of hydrogen-bond donors (Lipinski definition) is 1. The van der Waals surface area contributed by atoms with Crippen LogP contribution in [-0.2, 0) is 10.2 Å². The molecule has 11 heteroatoms. The van der Waals surface area contributed by atoms with Gasteiger partial charge in [0, 0.05) is 5.02 Å². The summed E-state index contributed by atoms with van der Waals surface area (Å²) in [7, 11) is 0. The van der Waals surface area contributed by atoms with Crippen LogP contribution in [0.15, 0.2) is 35.4 Å². The number of nitrogens with zero attached hydrogens (tertiary/aromatic N) is 4. The summed E-state index contributed by atoms with van der Waals surface area (Å²) in [4.78, 5) is 15.6. The first kappa shape index (κ1) is 19.2. The summed E-state index contributed by atoms with van der Waals surface area (Å²) < 4.78 is 45.9. The van der Waals surface area contributed by atoms with Gasteiger partial charge in [0.2, 0.25) is 0 Å². The Morgan fingerprint density at radius 3 is 2.66 bits per heavy atom.